The Hall–Kier alpha value is -2.53. The average Bonchev–Trinajstić information content (AvgIpc) is 2.89. The molecule has 0 unspecified atom stereocenters. The van der Waals surface area contributed by atoms with Crippen molar-refractivity contribution in [3.63, 3.8) is 0 Å². The number of ether oxygens (including phenoxy) is 1. The summed E-state index contributed by atoms with van der Waals surface area (Å²) in [4.78, 5) is 17.2. The largest absolute Gasteiger partial charge is 0.496 e. The quantitative estimate of drug-likeness (QED) is 0.853. The minimum absolute atomic E-state index is 0.126. The molecule has 1 heterocycles. The third-order valence-corrected chi connectivity index (χ3v) is 4.54. The zero-order valence-corrected chi connectivity index (χ0v) is 14.6. The Balaban J connectivity index is 1.81. The number of benzene rings is 2. The molecule has 1 N–H and O–H groups in total. The minimum Gasteiger partial charge on any atom is -0.496 e. The summed E-state index contributed by atoms with van der Waals surface area (Å²) < 4.78 is 5.26. The van der Waals surface area contributed by atoms with E-state index in [0.29, 0.717) is 10.1 Å². The molecule has 1 aliphatic rings. The van der Waals surface area contributed by atoms with Gasteiger partial charge in [-0.2, -0.15) is 0 Å². The summed E-state index contributed by atoms with van der Waals surface area (Å²) in [5.74, 6) is 0.710. The van der Waals surface area contributed by atoms with E-state index in [1.807, 2.05) is 62.4 Å². The maximum atomic E-state index is 12.1. The number of nitrogens with zero attached hydrogens (tertiary/aromatic N) is 1. The summed E-state index contributed by atoms with van der Waals surface area (Å²) in [6.45, 7) is 4.01. The van der Waals surface area contributed by atoms with Gasteiger partial charge in [-0.3, -0.25) is 4.79 Å². The van der Waals surface area contributed by atoms with Crippen LogP contribution in [0.15, 0.2) is 52.4 Å². The van der Waals surface area contributed by atoms with E-state index in [4.69, 9.17) is 4.74 Å². The monoisotopic (exact) mass is 338 g/mol. The van der Waals surface area contributed by atoms with Crippen LogP contribution in [-0.4, -0.2) is 18.2 Å². The summed E-state index contributed by atoms with van der Waals surface area (Å²) in [5.41, 5.74) is 3.99. The van der Waals surface area contributed by atoms with Crippen molar-refractivity contribution in [1.29, 1.82) is 0 Å². The lowest BCUT2D eigenvalue weighted by Crippen LogP contribution is -2.19. The molecule has 5 heteroatoms. The molecule has 1 amide bonds. The summed E-state index contributed by atoms with van der Waals surface area (Å²) in [6.07, 6.45) is 1.87. The molecule has 1 saturated heterocycles. The lowest BCUT2D eigenvalue weighted by atomic mass is 10.1. The van der Waals surface area contributed by atoms with Crippen molar-refractivity contribution in [1.82, 2.24) is 5.32 Å². The van der Waals surface area contributed by atoms with Crippen LogP contribution in [-0.2, 0) is 4.79 Å². The molecule has 1 aliphatic heterocycles. The highest BCUT2D eigenvalue weighted by Gasteiger charge is 2.23. The number of amidine groups is 1. The smallest absolute Gasteiger partial charge is 0.264 e. The standard InChI is InChI=1S/C19H18N2O2S/c1-12-4-7-15(8-5-12)20-19-21-18(22)17(24-19)11-14-6-9-16(23-3)13(2)10-14/h4-11H,1-3H3,(H,20,21,22)/b17-11+. The zero-order valence-electron chi connectivity index (χ0n) is 13.8. The predicted molar refractivity (Wildman–Crippen MR) is 99.7 cm³/mol. The van der Waals surface area contributed by atoms with Crippen molar-refractivity contribution in [2.75, 3.05) is 7.11 Å². The van der Waals surface area contributed by atoms with E-state index in [9.17, 15) is 4.79 Å². The van der Waals surface area contributed by atoms with Gasteiger partial charge in [-0.25, -0.2) is 4.99 Å². The van der Waals surface area contributed by atoms with Crippen molar-refractivity contribution in [2.45, 2.75) is 13.8 Å². The molecule has 2 aromatic carbocycles. The third-order valence-electron chi connectivity index (χ3n) is 3.63. The number of thioether (sulfide) groups is 1. The second-order valence-corrected chi connectivity index (χ2v) is 6.58. The van der Waals surface area contributed by atoms with Gasteiger partial charge < -0.3 is 10.1 Å². The van der Waals surface area contributed by atoms with E-state index in [-0.39, 0.29) is 5.91 Å². The van der Waals surface area contributed by atoms with Gasteiger partial charge in [0.25, 0.3) is 5.91 Å². The van der Waals surface area contributed by atoms with Gasteiger partial charge in [0.05, 0.1) is 17.7 Å². The van der Waals surface area contributed by atoms with E-state index >= 15 is 0 Å². The van der Waals surface area contributed by atoms with Gasteiger partial charge in [0.1, 0.15) is 5.75 Å². The zero-order chi connectivity index (χ0) is 17.1. The van der Waals surface area contributed by atoms with Gasteiger partial charge in [-0.1, -0.05) is 23.8 Å². The van der Waals surface area contributed by atoms with Crippen molar-refractivity contribution >= 4 is 34.6 Å². The van der Waals surface area contributed by atoms with Crippen molar-refractivity contribution < 1.29 is 9.53 Å². The maximum Gasteiger partial charge on any atom is 0.264 e. The van der Waals surface area contributed by atoms with Crippen molar-refractivity contribution in [3.05, 3.63) is 64.1 Å². The van der Waals surface area contributed by atoms with Crippen LogP contribution in [0, 0.1) is 13.8 Å². The van der Waals surface area contributed by atoms with Crippen LogP contribution in [0.1, 0.15) is 16.7 Å². The third kappa shape index (κ3) is 3.68. The first-order chi connectivity index (χ1) is 11.5. The van der Waals surface area contributed by atoms with Gasteiger partial charge in [0.2, 0.25) is 0 Å². The first-order valence-corrected chi connectivity index (χ1v) is 8.38. The van der Waals surface area contributed by atoms with Crippen LogP contribution in [0.4, 0.5) is 5.69 Å². The Morgan fingerprint density at radius 3 is 2.54 bits per heavy atom. The van der Waals surface area contributed by atoms with Crippen LogP contribution in [0.25, 0.3) is 6.08 Å². The Morgan fingerprint density at radius 2 is 1.88 bits per heavy atom. The lowest BCUT2D eigenvalue weighted by Gasteiger charge is -2.04. The van der Waals surface area contributed by atoms with Crippen LogP contribution in [0.3, 0.4) is 0 Å². The summed E-state index contributed by atoms with van der Waals surface area (Å²) in [6, 6.07) is 13.7. The number of aliphatic imine (C=N–C) groups is 1. The van der Waals surface area contributed by atoms with Crippen molar-refractivity contribution in [3.8, 4) is 5.75 Å². The fourth-order valence-electron chi connectivity index (χ4n) is 2.36. The number of methoxy groups -OCH3 is 1. The molecule has 0 aromatic heterocycles. The normalized spacial score (nSPS) is 17.4. The molecule has 0 radical (unpaired) electrons. The fraction of sp³-hybridized carbons (Fsp3) is 0.158. The molecule has 0 saturated carbocycles. The van der Waals surface area contributed by atoms with Gasteiger partial charge in [-0.05, 0) is 67.1 Å². The molecule has 3 rings (SSSR count). The molecule has 2 aromatic rings. The summed E-state index contributed by atoms with van der Waals surface area (Å²) >= 11 is 1.35. The van der Waals surface area contributed by atoms with E-state index in [1.165, 1.54) is 17.3 Å². The van der Waals surface area contributed by atoms with E-state index in [0.717, 1.165) is 22.6 Å². The van der Waals surface area contributed by atoms with E-state index < -0.39 is 0 Å². The summed E-state index contributed by atoms with van der Waals surface area (Å²) in [5, 5.41) is 3.40. The Labute approximate surface area is 145 Å². The maximum absolute atomic E-state index is 12.1. The number of amides is 1. The Kier molecular flexibility index (Phi) is 4.71. The van der Waals surface area contributed by atoms with Gasteiger partial charge in [0.15, 0.2) is 5.17 Å². The topological polar surface area (TPSA) is 50.7 Å². The molecule has 0 spiro atoms. The average molecular weight is 338 g/mol. The van der Waals surface area contributed by atoms with E-state index in [1.54, 1.807) is 7.11 Å². The Bertz CT molecular complexity index is 839. The second kappa shape index (κ2) is 6.93. The van der Waals surface area contributed by atoms with E-state index in [2.05, 4.69) is 10.3 Å². The number of nitrogens with one attached hydrogen (secondary N) is 1. The summed E-state index contributed by atoms with van der Waals surface area (Å²) in [7, 11) is 1.65. The Morgan fingerprint density at radius 1 is 1.12 bits per heavy atom. The SMILES string of the molecule is COc1ccc(/C=C2/SC(=Nc3ccc(C)cc3)NC2=O)cc1C. The molecule has 24 heavy (non-hydrogen) atoms. The van der Waals surface area contributed by atoms with Crippen LogP contribution < -0.4 is 10.1 Å². The molecule has 0 aliphatic carbocycles. The lowest BCUT2D eigenvalue weighted by molar-refractivity contribution is -0.115. The number of hydrogen-bond donors (Lipinski definition) is 1. The number of hydrogen-bond acceptors (Lipinski definition) is 4. The number of rotatable bonds is 3. The van der Waals surface area contributed by atoms with Crippen LogP contribution in [0.2, 0.25) is 0 Å². The highest BCUT2D eigenvalue weighted by molar-refractivity contribution is 8.18. The minimum atomic E-state index is -0.126. The first kappa shape index (κ1) is 16.3. The molecule has 1 fully saturated rings. The molecular weight excluding hydrogens is 320 g/mol. The molecule has 4 nitrogen and oxygen atoms in total. The van der Waals surface area contributed by atoms with Crippen LogP contribution >= 0.6 is 11.8 Å². The predicted octanol–water partition coefficient (Wildman–Crippen LogP) is 4.20. The molecule has 122 valence electrons. The highest BCUT2D eigenvalue weighted by Crippen LogP contribution is 2.29. The first-order valence-electron chi connectivity index (χ1n) is 7.56. The number of carbonyl (C=O) groups is 1. The van der Waals surface area contributed by atoms with Gasteiger partial charge >= 0.3 is 0 Å². The number of aryl methyl sites for hydroxylation is 2. The molecule has 0 atom stereocenters. The highest BCUT2D eigenvalue weighted by atomic mass is 32.2. The van der Waals surface area contributed by atoms with Crippen LogP contribution in [0.5, 0.6) is 5.75 Å². The molecular formula is C19H18N2O2S. The van der Waals surface area contributed by atoms with Crippen molar-refractivity contribution in [2.24, 2.45) is 4.99 Å². The number of carbonyl (C=O) groups excluding carboxylic acids is 1. The second-order valence-electron chi connectivity index (χ2n) is 5.55. The van der Waals surface area contributed by atoms with Gasteiger partial charge in [-0.15, -0.1) is 0 Å². The molecule has 0 bridgehead atoms. The van der Waals surface area contributed by atoms with Gasteiger partial charge in [0, 0.05) is 0 Å². The fourth-order valence-corrected chi connectivity index (χ4v) is 3.20.